The number of oxazole rings is 1. The van der Waals surface area contributed by atoms with Crippen LogP contribution in [0.5, 0.6) is 0 Å². The highest BCUT2D eigenvalue weighted by Crippen LogP contribution is 2.26. The standard InChI is InChI=1S/C18H20ClN5O2/c1-11-9-15(23(2)22-11)17(25)20-13-5-7-24(8-6-13)18-21-14-4-3-12(19)10-16(14)26-18/h3-4,9-10,13H,5-8H2,1-2H3,(H,20,25). The summed E-state index contributed by atoms with van der Waals surface area (Å²) in [6.45, 7) is 3.43. The normalized spacial score (nSPS) is 15.6. The number of piperidine rings is 1. The van der Waals surface area contributed by atoms with Gasteiger partial charge in [-0.15, -0.1) is 0 Å². The van der Waals surface area contributed by atoms with Crippen molar-refractivity contribution in [1.29, 1.82) is 0 Å². The van der Waals surface area contributed by atoms with Crippen LogP contribution in [0.4, 0.5) is 6.01 Å². The molecule has 1 aliphatic heterocycles. The average Bonchev–Trinajstić information content (AvgIpc) is 3.17. The molecule has 1 fully saturated rings. The van der Waals surface area contributed by atoms with Crippen molar-refractivity contribution in [2.45, 2.75) is 25.8 Å². The largest absolute Gasteiger partial charge is 0.423 e. The Labute approximate surface area is 155 Å². The van der Waals surface area contributed by atoms with Crippen molar-refractivity contribution in [2.75, 3.05) is 18.0 Å². The zero-order chi connectivity index (χ0) is 18.3. The molecule has 7 nitrogen and oxygen atoms in total. The number of anilines is 1. The third kappa shape index (κ3) is 3.26. The summed E-state index contributed by atoms with van der Waals surface area (Å²) in [6, 6.07) is 7.97. The lowest BCUT2D eigenvalue weighted by Crippen LogP contribution is -2.45. The summed E-state index contributed by atoms with van der Waals surface area (Å²) in [7, 11) is 1.78. The van der Waals surface area contributed by atoms with E-state index in [4.69, 9.17) is 16.0 Å². The van der Waals surface area contributed by atoms with Crippen LogP contribution in [0.15, 0.2) is 28.7 Å². The first kappa shape index (κ1) is 16.9. The van der Waals surface area contributed by atoms with Gasteiger partial charge in [-0.25, -0.2) is 0 Å². The van der Waals surface area contributed by atoms with Crippen molar-refractivity contribution >= 4 is 34.6 Å². The maximum Gasteiger partial charge on any atom is 0.298 e. The molecule has 0 aliphatic carbocycles. The van der Waals surface area contributed by atoms with Gasteiger partial charge in [-0.3, -0.25) is 9.48 Å². The zero-order valence-corrected chi connectivity index (χ0v) is 15.5. The van der Waals surface area contributed by atoms with Gasteiger partial charge in [0.2, 0.25) is 0 Å². The topological polar surface area (TPSA) is 76.2 Å². The molecule has 3 heterocycles. The zero-order valence-electron chi connectivity index (χ0n) is 14.7. The molecular formula is C18H20ClN5O2. The fraction of sp³-hybridized carbons (Fsp3) is 0.389. The molecule has 0 unspecified atom stereocenters. The number of halogens is 1. The molecular weight excluding hydrogens is 354 g/mol. The second kappa shape index (κ2) is 6.64. The molecule has 0 spiro atoms. The lowest BCUT2D eigenvalue weighted by molar-refractivity contribution is 0.0921. The number of nitrogens with zero attached hydrogens (tertiary/aromatic N) is 4. The van der Waals surface area contributed by atoms with Gasteiger partial charge in [0.05, 0.1) is 5.69 Å². The maximum atomic E-state index is 12.4. The predicted octanol–water partition coefficient (Wildman–Crippen LogP) is 2.92. The smallest absolute Gasteiger partial charge is 0.298 e. The number of amides is 1. The van der Waals surface area contributed by atoms with Crippen LogP contribution >= 0.6 is 11.6 Å². The Balaban J connectivity index is 1.39. The molecule has 1 amide bonds. The predicted molar refractivity (Wildman–Crippen MR) is 99.7 cm³/mol. The number of aryl methyl sites for hydroxylation is 2. The van der Waals surface area contributed by atoms with Gasteiger partial charge in [0.25, 0.3) is 11.9 Å². The lowest BCUT2D eigenvalue weighted by atomic mass is 10.1. The van der Waals surface area contributed by atoms with Crippen molar-refractivity contribution in [1.82, 2.24) is 20.1 Å². The minimum Gasteiger partial charge on any atom is -0.423 e. The highest BCUT2D eigenvalue weighted by atomic mass is 35.5. The minimum absolute atomic E-state index is 0.0805. The summed E-state index contributed by atoms with van der Waals surface area (Å²) < 4.78 is 7.44. The van der Waals surface area contributed by atoms with Gasteiger partial charge in [0, 0.05) is 37.3 Å². The summed E-state index contributed by atoms with van der Waals surface area (Å²) in [5.74, 6) is -0.0805. The summed E-state index contributed by atoms with van der Waals surface area (Å²) in [5.41, 5.74) is 2.91. The summed E-state index contributed by atoms with van der Waals surface area (Å²) >= 11 is 6.00. The van der Waals surface area contributed by atoms with Crippen molar-refractivity contribution in [3.63, 3.8) is 0 Å². The second-order valence-electron chi connectivity index (χ2n) is 6.64. The van der Waals surface area contributed by atoms with E-state index in [0.29, 0.717) is 22.3 Å². The van der Waals surface area contributed by atoms with E-state index in [2.05, 4.69) is 20.3 Å². The molecule has 0 atom stereocenters. The van der Waals surface area contributed by atoms with Crippen molar-refractivity contribution in [3.05, 3.63) is 40.7 Å². The van der Waals surface area contributed by atoms with E-state index < -0.39 is 0 Å². The van der Waals surface area contributed by atoms with E-state index >= 15 is 0 Å². The highest BCUT2D eigenvalue weighted by molar-refractivity contribution is 6.31. The van der Waals surface area contributed by atoms with Gasteiger partial charge >= 0.3 is 0 Å². The van der Waals surface area contributed by atoms with Gasteiger partial charge in [-0.1, -0.05) is 11.6 Å². The molecule has 26 heavy (non-hydrogen) atoms. The van der Waals surface area contributed by atoms with E-state index in [1.54, 1.807) is 29.9 Å². The molecule has 0 radical (unpaired) electrons. The number of hydrogen-bond donors (Lipinski definition) is 1. The minimum atomic E-state index is -0.0805. The number of rotatable bonds is 3. The number of aromatic nitrogens is 3. The Morgan fingerprint density at radius 3 is 2.77 bits per heavy atom. The third-order valence-corrected chi connectivity index (χ3v) is 4.91. The maximum absolute atomic E-state index is 12.4. The fourth-order valence-electron chi connectivity index (χ4n) is 3.32. The van der Waals surface area contributed by atoms with Crippen LogP contribution in [0.2, 0.25) is 5.02 Å². The summed E-state index contributed by atoms with van der Waals surface area (Å²) in [5, 5.41) is 7.95. The van der Waals surface area contributed by atoms with Crippen LogP contribution in [0.3, 0.4) is 0 Å². The number of carbonyl (C=O) groups is 1. The summed E-state index contributed by atoms with van der Waals surface area (Å²) in [4.78, 5) is 19.0. The van der Waals surface area contributed by atoms with Crippen LogP contribution in [0.1, 0.15) is 29.0 Å². The first-order valence-corrected chi connectivity index (χ1v) is 9.00. The molecule has 1 aromatic carbocycles. The van der Waals surface area contributed by atoms with Gasteiger partial charge in [0.15, 0.2) is 5.58 Å². The van der Waals surface area contributed by atoms with E-state index in [0.717, 1.165) is 37.1 Å². The Morgan fingerprint density at radius 1 is 1.31 bits per heavy atom. The quantitative estimate of drug-likeness (QED) is 0.763. The second-order valence-corrected chi connectivity index (χ2v) is 7.07. The third-order valence-electron chi connectivity index (χ3n) is 4.67. The van der Waals surface area contributed by atoms with Gasteiger partial charge in [0.1, 0.15) is 11.2 Å². The monoisotopic (exact) mass is 373 g/mol. The Bertz CT molecular complexity index is 956. The average molecular weight is 374 g/mol. The van der Waals surface area contributed by atoms with E-state index in [1.165, 1.54) is 0 Å². The van der Waals surface area contributed by atoms with Crippen LogP contribution in [-0.2, 0) is 7.05 Å². The first-order chi connectivity index (χ1) is 12.5. The van der Waals surface area contributed by atoms with Gasteiger partial charge in [-0.05, 0) is 38.0 Å². The molecule has 1 saturated heterocycles. The van der Waals surface area contributed by atoms with Gasteiger partial charge < -0.3 is 14.6 Å². The Morgan fingerprint density at radius 2 is 2.08 bits per heavy atom. The van der Waals surface area contributed by atoms with Crippen molar-refractivity contribution in [3.8, 4) is 0 Å². The number of benzene rings is 1. The molecule has 1 N–H and O–H groups in total. The van der Waals surface area contributed by atoms with Crippen molar-refractivity contribution < 1.29 is 9.21 Å². The summed E-state index contributed by atoms with van der Waals surface area (Å²) in [6.07, 6.45) is 1.67. The first-order valence-electron chi connectivity index (χ1n) is 8.62. The molecule has 136 valence electrons. The van der Waals surface area contributed by atoms with Crippen LogP contribution in [-0.4, -0.2) is 39.8 Å². The fourth-order valence-corrected chi connectivity index (χ4v) is 3.48. The van der Waals surface area contributed by atoms with Crippen LogP contribution in [0, 0.1) is 6.92 Å². The van der Waals surface area contributed by atoms with Crippen LogP contribution in [0.25, 0.3) is 11.1 Å². The number of carbonyl (C=O) groups excluding carboxylic acids is 1. The van der Waals surface area contributed by atoms with E-state index in [9.17, 15) is 4.79 Å². The van der Waals surface area contributed by atoms with Crippen LogP contribution < -0.4 is 10.2 Å². The molecule has 8 heteroatoms. The lowest BCUT2D eigenvalue weighted by Gasteiger charge is -2.31. The Kier molecular flexibility index (Phi) is 4.32. The molecule has 3 aromatic rings. The SMILES string of the molecule is Cc1cc(C(=O)NC2CCN(c3nc4ccc(Cl)cc4o3)CC2)n(C)n1. The van der Waals surface area contributed by atoms with E-state index in [1.807, 2.05) is 13.0 Å². The van der Waals surface area contributed by atoms with E-state index in [-0.39, 0.29) is 11.9 Å². The van der Waals surface area contributed by atoms with Gasteiger partial charge in [-0.2, -0.15) is 10.1 Å². The number of nitrogens with one attached hydrogen (secondary N) is 1. The molecule has 1 aliphatic rings. The molecule has 2 aromatic heterocycles. The number of fused-ring (bicyclic) bond motifs is 1. The molecule has 0 bridgehead atoms. The Hall–Kier alpha value is -2.54. The number of hydrogen-bond acceptors (Lipinski definition) is 5. The highest BCUT2D eigenvalue weighted by Gasteiger charge is 2.25. The molecule has 0 saturated carbocycles. The molecule has 4 rings (SSSR count). The van der Waals surface area contributed by atoms with Crippen molar-refractivity contribution in [2.24, 2.45) is 7.05 Å².